The van der Waals surface area contributed by atoms with Crippen molar-refractivity contribution >= 4 is 11.8 Å². The average molecular weight is 396 g/mol. The van der Waals surface area contributed by atoms with Gasteiger partial charge in [-0.15, -0.1) is 0 Å². The van der Waals surface area contributed by atoms with Gasteiger partial charge in [-0.3, -0.25) is 20.4 Å². The van der Waals surface area contributed by atoms with Crippen molar-refractivity contribution < 1.29 is 24.0 Å². The van der Waals surface area contributed by atoms with E-state index >= 15 is 0 Å². The predicted octanol–water partition coefficient (Wildman–Crippen LogP) is 1.03. The number of quaternary nitrogens is 1. The lowest BCUT2D eigenvalue weighted by Crippen LogP contribution is -3.11. The van der Waals surface area contributed by atoms with Crippen LogP contribution in [0.2, 0.25) is 0 Å². The Morgan fingerprint density at radius 3 is 2.59 bits per heavy atom. The van der Waals surface area contributed by atoms with Crippen molar-refractivity contribution in [1.82, 2.24) is 10.9 Å². The molecule has 0 saturated carbocycles. The zero-order chi connectivity index (χ0) is 20.1. The topological polar surface area (TPSA) is 81.1 Å². The van der Waals surface area contributed by atoms with Crippen molar-refractivity contribution in [2.75, 3.05) is 26.3 Å². The summed E-state index contributed by atoms with van der Waals surface area (Å²) in [7, 11) is 0. The summed E-state index contributed by atoms with van der Waals surface area (Å²) in [4.78, 5) is 25.7. The molecule has 2 aromatic rings. The van der Waals surface area contributed by atoms with Crippen LogP contribution in [-0.4, -0.2) is 38.1 Å². The van der Waals surface area contributed by atoms with Gasteiger partial charge in [-0.05, 0) is 30.3 Å². The fraction of sp³-hybridized carbons (Fsp3) is 0.364. The van der Waals surface area contributed by atoms with Crippen LogP contribution in [0, 0.1) is 0 Å². The normalized spacial score (nSPS) is 20.6. The first-order valence-corrected chi connectivity index (χ1v) is 10.1. The molecule has 2 aliphatic heterocycles. The summed E-state index contributed by atoms with van der Waals surface area (Å²) in [6.45, 7) is 2.54. The van der Waals surface area contributed by atoms with Crippen LogP contribution in [0.15, 0.2) is 48.5 Å². The molecule has 7 nitrogen and oxygen atoms in total. The number of ether oxygens (including phenoxy) is 2. The summed E-state index contributed by atoms with van der Waals surface area (Å²) < 4.78 is 11.5. The maximum absolute atomic E-state index is 12.4. The third-order valence-electron chi connectivity index (χ3n) is 5.40. The Morgan fingerprint density at radius 2 is 1.76 bits per heavy atom. The zero-order valence-electron chi connectivity index (χ0n) is 16.3. The van der Waals surface area contributed by atoms with E-state index in [1.807, 2.05) is 18.2 Å². The quantitative estimate of drug-likeness (QED) is 0.675. The highest BCUT2D eigenvalue weighted by Crippen LogP contribution is 2.33. The smallest absolute Gasteiger partial charge is 0.293 e. The van der Waals surface area contributed by atoms with E-state index in [1.165, 1.54) is 4.90 Å². The zero-order valence-corrected chi connectivity index (χ0v) is 16.3. The number of carbonyl (C=O) groups excluding carboxylic acids is 2. The number of benzene rings is 2. The molecule has 0 spiro atoms. The number of carbonyl (C=O) groups is 2. The van der Waals surface area contributed by atoms with Crippen molar-refractivity contribution in [1.29, 1.82) is 0 Å². The monoisotopic (exact) mass is 396 g/mol. The molecule has 7 heteroatoms. The minimum Gasteiger partial charge on any atom is -0.490 e. The molecule has 1 fully saturated rings. The van der Waals surface area contributed by atoms with E-state index in [0.29, 0.717) is 25.3 Å². The van der Waals surface area contributed by atoms with Crippen LogP contribution in [0.1, 0.15) is 41.2 Å². The Kier molecular flexibility index (Phi) is 5.95. The van der Waals surface area contributed by atoms with Gasteiger partial charge in [0.2, 0.25) is 0 Å². The fourth-order valence-electron chi connectivity index (χ4n) is 3.96. The van der Waals surface area contributed by atoms with E-state index in [4.69, 9.17) is 9.47 Å². The SMILES string of the molecule is O=C(C[NH+]1CCC[C@H]1c1ccc2c(c1)OCCCO2)NNC(=O)c1ccccc1. The summed E-state index contributed by atoms with van der Waals surface area (Å²) in [6.07, 6.45) is 2.94. The highest BCUT2D eigenvalue weighted by atomic mass is 16.5. The van der Waals surface area contributed by atoms with Gasteiger partial charge in [-0.1, -0.05) is 18.2 Å². The number of amides is 2. The molecule has 152 valence electrons. The fourth-order valence-corrected chi connectivity index (χ4v) is 3.96. The molecule has 0 bridgehead atoms. The second-order valence-electron chi connectivity index (χ2n) is 7.40. The van der Waals surface area contributed by atoms with E-state index < -0.39 is 0 Å². The lowest BCUT2D eigenvalue weighted by molar-refractivity contribution is -0.910. The van der Waals surface area contributed by atoms with Gasteiger partial charge in [0, 0.05) is 30.4 Å². The van der Waals surface area contributed by atoms with E-state index in [9.17, 15) is 9.59 Å². The third kappa shape index (κ3) is 4.68. The van der Waals surface area contributed by atoms with E-state index in [1.54, 1.807) is 24.3 Å². The number of hydrogen-bond donors (Lipinski definition) is 3. The van der Waals surface area contributed by atoms with E-state index in [0.717, 1.165) is 42.9 Å². The van der Waals surface area contributed by atoms with Gasteiger partial charge in [0.05, 0.1) is 19.8 Å². The molecule has 4 rings (SSSR count). The number of fused-ring (bicyclic) bond motifs is 1. The second kappa shape index (κ2) is 8.96. The van der Waals surface area contributed by atoms with Crippen LogP contribution in [0.3, 0.4) is 0 Å². The van der Waals surface area contributed by atoms with Gasteiger partial charge in [-0.2, -0.15) is 0 Å². The molecular weight excluding hydrogens is 370 g/mol. The third-order valence-corrected chi connectivity index (χ3v) is 5.40. The van der Waals surface area contributed by atoms with Crippen LogP contribution in [-0.2, 0) is 4.79 Å². The number of hydrogen-bond acceptors (Lipinski definition) is 4. The van der Waals surface area contributed by atoms with Gasteiger partial charge in [0.25, 0.3) is 11.8 Å². The molecule has 2 aliphatic rings. The Balaban J connectivity index is 1.35. The van der Waals surface area contributed by atoms with Crippen LogP contribution in [0.4, 0.5) is 0 Å². The van der Waals surface area contributed by atoms with Crippen molar-refractivity contribution in [2.24, 2.45) is 0 Å². The predicted molar refractivity (Wildman–Crippen MR) is 107 cm³/mol. The van der Waals surface area contributed by atoms with Crippen molar-refractivity contribution in [2.45, 2.75) is 25.3 Å². The number of rotatable bonds is 4. The lowest BCUT2D eigenvalue weighted by Gasteiger charge is -2.22. The van der Waals surface area contributed by atoms with Crippen molar-refractivity contribution in [3.05, 3.63) is 59.7 Å². The van der Waals surface area contributed by atoms with Gasteiger partial charge in [0.1, 0.15) is 6.04 Å². The Bertz CT molecular complexity index is 872. The van der Waals surface area contributed by atoms with Gasteiger partial charge >= 0.3 is 0 Å². The maximum atomic E-state index is 12.4. The molecule has 1 saturated heterocycles. The summed E-state index contributed by atoms with van der Waals surface area (Å²) in [5, 5.41) is 0. The molecule has 3 N–H and O–H groups in total. The Labute approximate surface area is 170 Å². The van der Waals surface area contributed by atoms with E-state index in [-0.39, 0.29) is 17.9 Å². The molecule has 2 atom stereocenters. The highest BCUT2D eigenvalue weighted by Gasteiger charge is 2.32. The summed E-state index contributed by atoms with van der Waals surface area (Å²) >= 11 is 0. The first kappa shape index (κ1) is 19.3. The first-order chi connectivity index (χ1) is 14.2. The maximum Gasteiger partial charge on any atom is 0.293 e. The number of nitrogens with one attached hydrogen (secondary N) is 3. The molecule has 29 heavy (non-hydrogen) atoms. The largest absolute Gasteiger partial charge is 0.490 e. The molecule has 2 heterocycles. The Hall–Kier alpha value is -3.06. The molecule has 0 aromatic heterocycles. The van der Waals surface area contributed by atoms with E-state index in [2.05, 4.69) is 16.9 Å². The number of hydrazine groups is 1. The van der Waals surface area contributed by atoms with Gasteiger partial charge in [0.15, 0.2) is 18.0 Å². The van der Waals surface area contributed by atoms with Gasteiger partial charge < -0.3 is 14.4 Å². The van der Waals surface area contributed by atoms with Crippen molar-refractivity contribution in [3.63, 3.8) is 0 Å². The standard InChI is InChI=1S/C22H25N3O4/c26-21(23-24-22(27)16-6-2-1-3-7-16)15-25-11-4-8-18(25)17-9-10-19-20(14-17)29-13-5-12-28-19/h1-3,6-7,9-10,14,18H,4-5,8,11-13,15H2,(H,23,26)(H,24,27)/p+1/t18-/m0/s1. The van der Waals surface area contributed by atoms with Crippen molar-refractivity contribution in [3.8, 4) is 11.5 Å². The molecule has 2 aromatic carbocycles. The van der Waals surface area contributed by atoms with Crippen LogP contribution in [0.25, 0.3) is 0 Å². The average Bonchev–Trinajstić information content (AvgIpc) is 3.07. The number of likely N-dealkylation sites (tertiary alicyclic amines) is 1. The van der Waals surface area contributed by atoms with Crippen LogP contribution < -0.4 is 25.2 Å². The van der Waals surface area contributed by atoms with Crippen LogP contribution >= 0.6 is 0 Å². The second-order valence-corrected chi connectivity index (χ2v) is 7.40. The van der Waals surface area contributed by atoms with Gasteiger partial charge in [-0.25, -0.2) is 0 Å². The molecule has 2 amide bonds. The lowest BCUT2D eigenvalue weighted by atomic mass is 10.0. The van der Waals surface area contributed by atoms with Crippen LogP contribution in [0.5, 0.6) is 11.5 Å². The molecule has 0 aliphatic carbocycles. The molecular formula is C22H26N3O4+. The first-order valence-electron chi connectivity index (χ1n) is 10.1. The summed E-state index contributed by atoms with van der Waals surface area (Å²) in [5.74, 6) is 1.04. The Morgan fingerprint density at radius 1 is 0.966 bits per heavy atom. The summed E-state index contributed by atoms with van der Waals surface area (Å²) in [6, 6.07) is 15.1. The molecule has 0 radical (unpaired) electrons. The highest BCUT2D eigenvalue weighted by molar-refractivity contribution is 5.95. The summed E-state index contributed by atoms with van der Waals surface area (Å²) in [5.41, 5.74) is 6.68. The minimum atomic E-state index is -0.324. The molecule has 1 unspecified atom stereocenters. The minimum absolute atomic E-state index is 0.203.